The van der Waals surface area contributed by atoms with Crippen LogP contribution >= 0.6 is 0 Å². The number of fused-ring (bicyclic) bond motifs is 1. The van der Waals surface area contributed by atoms with E-state index in [0.717, 1.165) is 5.75 Å². The second kappa shape index (κ2) is 6.84. The van der Waals surface area contributed by atoms with Gasteiger partial charge in [0.1, 0.15) is 11.4 Å². The van der Waals surface area contributed by atoms with E-state index in [4.69, 9.17) is 18.6 Å². The zero-order chi connectivity index (χ0) is 17.9. The Morgan fingerprint density at radius 2 is 1.84 bits per heavy atom. The van der Waals surface area contributed by atoms with Gasteiger partial charge in [0.2, 0.25) is 5.89 Å². The molecule has 1 aromatic heterocycles. The van der Waals surface area contributed by atoms with Crippen molar-refractivity contribution in [3.05, 3.63) is 54.4 Å². The number of nitrogens with zero attached hydrogens (tertiary/aromatic N) is 1. The summed E-state index contributed by atoms with van der Waals surface area (Å²) in [5.41, 5.74) is 0.316. The number of aromatic nitrogens is 1. The third kappa shape index (κ3) is 4.50. The average molecular weight is 341 g/mol. The molecule has 0 saturated heterocycles. The molecule has 0 saturated carbocycles. The molecule has 0 fully saturated rings. The summed E-state index contributed by atoms with van der Waals surface area (Å²) in [5, 5.41) is 0. The Labute approximate surface area is 145 Å². The van der Waals surface area contributed by atoms with Crippen molar-refractivity contribution >= 4 is 17.3 Å². The van der Waals surface area contributed by atoms with E-state index in [1.807, 2.05) is 30.3 Å². The highest BCUT2D eigenvalue weighted by Crippen LogP contribution is 2.27. The van der Waals surface area contributed by atoms with Crippen LogP contribution in [0.3, 0.4) is 0 Å². The van der Waals surface area contributed by atoms with Gasteiger partial charge in [0.15, 0.2) is 23.5 Å². The fraction of sp³-hybridized carbons (Fsp3) is 0.263. The molecule has 0 unspecified atom stereocenters. The van der Waals surface area contributed by atoms with Crippen molar-refractivity contribution in [2.24, 2.45) is 0 Å². The van der Waals surface area contributed by atoms with E-state index in [1.54, 1.807) is 39.0 Å². The number of oxazole rings is 1. The third-order valence-electron chi connectivity index (χ3n) is 3.11. The number of ether oxygens (including phenoxy) is 3. The van der Waals surface area contributed by atoms with Gasteiger partial charge in [-0.15, -0.1) is 0 Å². The quantitative estimate of drug-likeness (QED) is 0.505. The Hall–Kier alpha value is -3.02. The summed E-state index contributed by atoms with van der Waals surface area (Å²) in [6.45, 7) is 5.47. The van der Waals surface area contributed by atoms with Crippen LogP contribution in [0.4, 0.5) is 4.79 Å². The normalized spacial score (nSPS) is 11.3. The van der Waals surface area contributed by atoms with Gasteiger partial charge >= 0.3 is 6.16 Å². The average Bonchev–Trinajstić information content (AvgIpc) is 2.96. The maximum absolute atomic E-state index is 11.9. The molecule has 0 bridgehead atoms. The molecule has 3 rings (SSSR count). The van der Waals surface area contributed by atoms with Crippen LogP contribution in [0.15, 0.2) is 52.9 Å². The van der Waals surface area contributed by atoms with Gasteiger partial charge in [-0.25, -0.2) is 9.78 Å². The van der Waals surface area contributed by atoms with Crippen molar-refractivity contribution in [1.82, 2.24) is 4.98 Å². The van der Waals surface area contributed by atoms with E-state index >= 15 is 0 Å². The standard InChI is InChI=1S/C19H19NO5/c1-19(2,3)25-18(21)24-15-11-7-10-14-17(15)20-16(23-14)12-22-13-8-5-4-6-9-13/h4-11H,12H2,1-3H3. The first-order valence-corrected chi connectivity index (χ1v) is 7.88. The number of benzene rings is 2. The molecule has 25 heavy (non-hydrogen) atoms. The number of carbonyl (C=O) groups is 1. The Kier molecular flexibility index (Phi) is 4.61. The molecule has 0 spiro atoms. The highest BCUT2D eigenvalue weighted by atomic mass is 16.7. The van der Waals surface area contributed by atoms with Gasteiger partial charge in [-0.2, -0.15) is 0 Å². The highest BCUT2D eigenvalue weighted by molar-refractivity contribution is 5.82. The first-order valence-electron chi connectivity index (χ1n) is 7.88. The molecule has 0 aliphatic rings. The van der Waals surface area contributed by atoms with Crippen LogP contribution in [0.5, 0.6) is 11.5 Å². The monoisotopic (exact) mass is 341 g/mol. The Bertz CT molecular complexity index is 864. The molecule has 0 radical (unpaired) electrons. The predicted octanol–water partition coefficient (Wildman–Crippen LogP) is 4.72. The molecule has 0 atom stereocenters. The lowest BCUT2D eigenvalue weighted by molar-refractivity contribution is 0.0209. The molecule has 6 nitrogen and oxygen atoms in total. The fourth-order valence-corrected chi connectivity index (χ4v) is 2.14. The summed E-state index contributed by atoms with van der Waals surface area (Å²) < 4.78 is 21.7. The molecule has 2 aromatic carbocycles. The van der Waals surface area contributed by atoms with Crippen LogP contribution in [0.2, 0.25) is 0 Å². The van der Waals surface area contributed by atoms with Gasteiger partial charge in [0.25, 0.3) is 0 Å². The molecular formula is C19H19NO5. The minimum Gasteiger partial charge on any atom is -0.484 e. The predicted molar refractivity (Wildman–Crippen MR) is 91.6 cm³/mol. The molecule has 0 aliphatic carbocycles. The molecular weight excluding hydrogens is 322 g/mol. The van der Waals surface area contributed by atoms with Crippen LogP contribution in [0, 0.1) is 0 Å². The molecule has 1 heterocycles. The van der Waals surface area contributed by atoms with Crippen LogP contribution < -0.4 is 9.47 Å². The maximum atomic E-state index is 11.9. The third-order valence-corrected chi connectivity index (χ3v) is 3.11. The topological polar surface area (TPSA) is 70.8 Å². The second-order valence-electron chi connectivity index (χ2n) is 6.38. The highest BCUT2D eigenvalue weighted by Gasteiger charge is 2.20. The minimum absolute atomic E-state index is 0.171. The minimum atomic E-state index is -0.787. The lowest BCUT2D eigenvalue weighted by atomic mass is 10.2. The van der Waals surface area contributed by atoms with Crippen LogP contribution in [0.1, 0.15) is 26.7 Å². The number of hydrogen-bond acceptors (Lipinski definition) is 6. The van der Waals surface area contributed by atoms with E-state index < -0.39 is 11.8 Å². The zero-order valence-corrected chi connectivity index (χ0v) is 14.3. The fourth-order valence-electron chi connectivity index (χ4n) is 2.14. The Balaban J connectivity index is 1.75. The summed E-state index contributed by atoms with van der Waals surface area (Å²) in [6, 6.07) is 14.5. The van der Waals surface area contributed by atoms with Gasteiger partial charge in [-0.1, -0.05) is 24.3 Å². The summed E-state index contributed by atoms with van der Waals surface area (Å²) in [7, 11) is 0. The number of carbonyl (C=O) groups excluding carboxylic acids is 1. The molecule has 0 aliphatic heterocycles. The zero-order valence-electron chi connectivity index (χ0n) is 14.3. The van der Waals surface area contributed by atoms with E-state index in [2.05, 4.69) is 4.98 Å². The van der Waals surface area contributed by atoms with E-state index in [9.17, 15) is 4.79 Å². The van der Waals surface area contributed by atoms with Gasteiger partial charge in [0.05, 0.1) is 0 Å². The van der Waals surface area contributed by atoms with Gasteiger partial charge in [-0.3, -0.25) is 0 Å². The van der Waals surface area contributed by atoms with Gasteiger partial charge in [-0.05, 0) is 45.0 Å². The van der Waals surface area contributed by atoms with Crippen molar-refractivity contribution in [3.8, 4) is 11.5 Å². The van der Waals surface area contributed by atoms with E-state index in [1.165, 1.54) is 0 Å². The first-order chi connectivity index (χ1) is 11.9. The number of hydrogen-bond donors (Lipinski definition) is 0. The SMILES string of the molecule is CC(C)(C)OC(=O)Oc1cccc2oc(COc3ccccc3)nc12. The van der Waals surface area contributed by atoms with Gasteiger partial charge in [0, 0.05) is 0 Å². The molecule has 3 aromatic rings. The lowest BCUT2D eigenvalue weighted by Gasteiger charge is -2.18. The van der Waals surface area contributed by atoms with Crippen molar-refractivity contribution in [3.63, 3.8) is 0 Å². The summed E-state index contributed by atoms with van der Waals surface area (Å²) in [4.78, 5) is 16.2. The summed E-state index contributed by atoms with van der Waals surface area (Å²) >= 11 is 0. The van der Waals surface area contributed by atoms with Crippen molar-refractivity contribution in [2.45, 2.75) is 33.0 Å². The largest absolute Gasteiger partial charge is 0.514 e. The maximum Gasteiger partial charge on any atom is 0.514 e. The van der Waals surface area contributed by atoms with Crippen molar-refractivity contribution in [2.75, 3.05) is 0 Å². The Morgan fingerprint density at radius 3 is 2.56 bits per heavy atom. The van der Waals surface area contributed by atoms with E-state index in [-0.39, 0.29) is 12.4 Å². The molecule has 0 amide bonds. The summed E-state index contributed by atoms with van der Waals surface area (Å²) in [5.74, 6) is 1.38. The number of para-hydroxylation sites is 2. The Morgan fingerprint density at radius 1 is 1.08 bits per heavy atom. The smallest absolute Gasteiger partial charge is 0.484 e. The van der Waals surface area contributed by atoms with E-state index in [0.29, 0.717) is 17.0 Å². The molecule has 6 heteroatoms. The van der Waals surface area contributed by atoms with Crippen molar-refractivity contribution in [1.29, 1.82) is 0 Å². The van der Waals surface area contributed by atoms with Crippen LogP contribution in [-0.4, -0.2) is 16.7 Å². The van der Waals surface area contributed by atoms with Crippen LogP contribution in [0.25, 0.3) is 11.1 Å². The van der Waals surface area contributed by atoms with Gasteiger partial charge < -0.3 is 18.6 Å². The first kappa shape index (κ1) is 16.8. The molecule has 0 N–H and O–H groups in total. The summed E-state index contributed by atoms with van der Waals surface area (Å²) in [6.07, 6.45) is -0.787. The lowest BCUT2D eigenvalue weighted by Crippen LogP contribution is -2.26. The van der Waals surface area contributed by atoms with Crippen molar-refractivity contribution < 1.29 is 23.4 Å². The molecule has 130 valence electrons. The van der Waals surface area contributed by atoms with Crippen LogP contribution in [-0.2, 0) is 11.3 Å². The second-order valence-corrected chi connectivity index (χ2v) is 6.38. The number of rotatable bonds is 4.